The molecular weight excluding hydrogens is 205 g/mol. The number of rotatable bonds is 4. The third-order valence-electron chi connectivity index (χ3n) is 3.24. The van der Waals surface area contributed by atoms with Crippen LogP contribution in [0.3, 0.4) is 0 Å². The van der Waals surface area contributed by atoms with Gasteiger partial charge in [0, 0.05) is 5.54 Å². The van der Waals surface area contributed by atoms with E-state index in [4.69, 9.17) is 0 Å². The van der Waals surface area contributed by atoms with Gasteiger partial charge in [-0.1, -0.05) is 6.92 Å². The van der Waals surface area contributed by atoms with Crippen molar-refractivity contribution in [1.29, 1.82) is 0 Å². The molecule has 1 N–H and O–H groups in total. The summed E-state index contributed by atoms with van der Waals surface area (Å²) in [6, 6.07) is 0. The number of nitrogens with one attached hydrogen (secondary N) is 1. The normalized spacial score (nSPS) is 16.2. The van der Waals surface area contributed by atoms with Crippen LogP contribution in [0, 0.1) is 11.7 Å². The van der Waals surface area contributed by atoms with E-state index in [9.17, 15) is 4.39 Å². The molecule has 0 aliphatic heterocycles. The van der Waals surface area contributed by atoms with Gasteiger partial charge in [-0.2, -0.15) is 0 Å². The number of anilines is 1. The van der Waals surface area contributed by atoms with Crippen molar-refractivity contribution in [2.24, 2.45) is 5.92 Å². The maximum absolute atomic E-state index is 13.9. The molecule has 1 heterocycles. The molecule has 1 saturated carbocycles. The van der Waals surface area contributed by atoms with Crippen LogP contribution in [0.25, 0.3) is 0 Å². The van der Waals surface area contributed by atoms with Gasteiger partial charge < -0.3 is 5.32 Å². The molecule has 0 spiro atoms. The Hall–Kier alpha value is -1.19. The number of aryl methyl sites for hydroxylation is 1. The third kappa shape index (κ3) is 2.15. The van der Waals surface area contributed by atoms with Gasteiger partial charge in [-0.05, 0) is 39.0 Å². The van der Waals surface area contributed by atoms with Crippen molar-refractivity contribution < 1.29 is 4.39 Å². The quantitative estimate of drug-likeness (QED) is 0.853. The van der Waals surface area contributed by atoms with Gasteiger partial charge in [-0.15, -0.1) is 0 Å². The number of halogens is 1. The summed E-state index contributed by atoms with van der Waals surface area (Å²) in [4.78, 5) is 7.91. The summed E-state index contributed by atoms with van der Waals surface area (Å²) in [5.74, 6) is 0.661. The van der Waals surface area contributed by atoms with Crippen LogP contribution in [-0.2, 0) is 6.42 Å². The molecule has 0 saturated heterocycles. The minimum atomic E-state index is -0.307. The van der Waals surface area contributed by atoms with E-state index in [1.807, 2.05) is 6.92 Å². The second-order valence-corrected chi connectivity index (χ2v) is 4.96. The summed E-state index contributed by atoms with van der Waals surface area (Å²) in [7, 11) is 0. The fraction of sp³-hybridized carbons (Fsp3) is 0.667. The molecule has 88 valence electrons. The van der Waals surface area contributed by atoms with Gasteiger partial charge in [0.15, 0.2) is 11.6 Å². The molecule has 0 radical (unpaired) electrons. The van der Waals surface area contributed by atoms with Gasteiger partial charge in [-0.25, -0.2) is 14.4 Å². The maximum Gasteiger partial charge on any atom is 0.186 e. The molecule has 0 aromatic carbocycles. The zero-order valence-corrected chi connectivity index (χ0v) is 10.0. The average Bonchev–Trinajstić information content (AvgIpc) is 3.04. The summed E-state index contributed by atoms with van der Waals surface area (Å²) in [5.41, 5.74) is 0.393. The Bertz CT molecular complexity index is 386. The Labute approximate surface area is 95.5 Å². The van der Waals surface area contributed by atoms with Gasteiger partial charge in [0.25, 0.3) is 0 Å². The Balaban J connectivity index is 2.20. The van der Waals surface area contributed by atoms with Crippen LogP contribution >= 0.6 is 0 Å². The highest BCUT2D eigenvalue weighted by molar-refractivity contribution is 5.40. The summed E-state index contributed by atoms with van der Waals surface area (Å²) < 4.78 is 13.9. The van der Waals surface area contributed by atoms with Crippen LogP contribution < -0.4 is 5.32 Å². The second kappa shape index (κ2) is 4.00. The van der Waals surface area contributed by atoms with Crippen LogP contribution in [0.4, 0.5) is 10.2 Å². The maximum atomic E-state index is 13.9. The highest BCUT2D eigenvalue weighted by Gasteiger charge is 2.38. The smallest absolute Gasteiger partial charge is 0.186 e. The van der Waals surface area contributed by atoms with Crippen LogP contribution in [-0.4, -0.2) is 15.5 Å². The Morgan fingerprint density at radius 3 is 2.69 bits per heavy atom. The van der Waals surface area contributed by atoms with Crippen molar-refractivity contribution in [3.05, 3.63) is 17.8 Å². The molecule has 0 atom stereocenters. The van der Waals surface area contributed by atoms with Gasteiger partial charge in [-0.3, -0.25) is 0 Å². The fourth-order valence-corrected chi connectivity index (χ4v) is 1.95. The lowest BCUT2D eigenvalue weighted by Crippen LogP contribution is -2.34. The lowest BCUT2D eigenvalue weighted by atomic mass is 9.99. The second-order valence-electron chi connectivity index (χ2n) is 4.96. The first-order chi connectivity index (χ1) is 7.54. The summed E-state index contributed by atoms with van der Waals surface area (Å²) >= 11 is 0. The first-order valence-corrected chi connectivity index (χ1v) is 5.82. The molecular formula is C12H18FN3. The SMILES string of the molecule is CCc1ncnc(NC(C)(C)C2CC2)c1F. The van der Waals surface area contributed by atoms with Crippen molar-refractivity contribution >= 4 is 5.82 Å². The topological polar surface area (TPSA) is 37.8 Å². The number of hydrogen-bond acceptors (Lipinski definition) is 3. The molecule has 1 aromatic rings. The molecule has 1 fully saturated rings. The van der Waals surface area contributed by atoms with E-state index in [1.165, 1.54) is 19.2 Å². The van der Waals surface area contributed by atoms with Crippen molar-refractivity contribution in [2.45, 2.75) is 45.6 Å². The lowest BCUT2D eigenvalue weighted by molar-refractivity contribution is 0.484. The van der Waals surface area contributed by atoms with E-state index in [-0.39, 0.29) is 11.4 Å². The monoisotopic (exact) mass is 223 g/mol. The predicted octanol–water partition coefficient (Wildman–Crippen LogP) is 2.78. The molecule has 3 nitrogen and oxygen atoms in total. The molecule has 16 heavy (non-hydrogen) atoms. The number of hydrogen-bond donors (Lipinski definition) is 1. The van der Waals surface area contributed by atoms with E-state index >= 15 is 0 Å². The largest absolute Gasteiger partial charge is 0.362 e. The molecule has 1 aromatic heterocycles. The first-order valence-electron chi connectivity index (χ1n) is 5.82. The lowest BCUT2D eigenvalue weighted by Gasteiger charge is -2.27. The van der Waals surface area contributed by atoms with Gasteiger partial charge in [0.2, 0.25) is 0 Å². The highest BCUT2D eigenvalue weighted by atomic mass is 19.1. The van der Waals surface area contributed by atoms with Crippen molar-refractivity contribution in [3.8, 4) is 0 Å². The molecule has 1 aliphatic carbocycles. The third-order valence-corrected chi connectivity index (χ3v) is 3.24. The van der Waals surface area contributed by atoms with Crippen LogP contribution in [0.15, 0.2) is 6.33 Å². The van der Waals surface area contributed by atoms with Gasteiger partial charge in [0.1, 0.15) is 6.33 Å². The van der Waals surface area contributed by atoms with Crippen molar-refractivity contribution in [3.63, 3.8) is 0 Å². The van der Waals surface area contributed by atoms with E-state index in [2.05, 4.69) is 29.1 Å². The fourth-order valence-electron chi connectivity index (χ4n) is 1.95. The van der Waals surface area contributed by atoms with Crippen LogP contribution in [0.5, 0.6) is 0 Å². The van der Waals surface area contributed by atoms with Crippen LogP contribution in [0.2, 0.25) is 0 Å². The minimum absolute atomic E-state index is 0.0831. The van der Waals surface area contributed by atoms with Crippen molar-refractivity contribution in [1.82, 2.24) is 9.97 Å². The first kappa shape index (κ1) is 11.3. The molecule has 0 amide bonds. The predicted molar refractivity (Wildman–Crippen MR) is 61.8 cm³/mol. The Morgan fingerprint density at radius 2 is 2.12 bits per heavy atom. The average molecular weight is 223 g/mol. The van der Waals surface area contributed by atoms with E-state index in [0.717, 1.165) is 0 Å². The Morgan fingerprint density at radius 1 is 1.44 bits per heavy atom. The summed E-state index contributed by atoms with van der Waals surface area (Å²) in [5, 5.41) is 3.20. The number of aromatic nitrogens is 2. The highest BCUT2D eigenvalue weighted by Crippen LogP contribution is 2.41. The van der Waals surface area contributed by atoms with Crippen LogP contribution in [0.1, 0.15) is 39.3 Å². The standard InChI is InChI=1S/C12H18FN3/c1-4-9-10(13)11(15-7-14-9)16-12(2,3)8-5-6-8/h7-8H,4-6H2,1-3H3,(H,14,15,16). The summed E-state index contributed by atoms with van der Waals surface area (Å²) in [6.45, 7) is 6.08. The van der Waals surface area contributed by atoms with Crippen molar-refractivity contribution in [2.75, 3.05) is 5.32 Å². The summed E-state index contributed by atoms with van der Waals surface area (Å²) in [6.07, 6.45) is 4.45. The molecule has 4 heteroatoms. The zero-order chi connectivity index (χ0) is 11.8. The minimum Gasteiger partial charge on any atom is -0.362 e. The molecule has 1 aliphatic rings. The number of nitrogens with zero attached hydrogens (tertiary/aromatic N) is 2. The van der Waals surface area contributed by atoms with E-state index in [0.29, 0.717) is 23.9 Å². The molecule has 2 rings (SSSR count). The van der Waals surface area contributed by atoms with Gasteiger partial charge in [0.05, 0.1) is 5.69 Å². The van der Waals surface area contributed by atoms with E-state index < -0.39 is 0 Å². The van der Waals surface area contributed by atoms with Gasteiger partial charge >= 0.3 is 0 Å². The molecule has 0 bridgehead atoms. The van der Waals surface area contributed by atoms with E-state index in [1.54, 1.807) is 0 Å². The zero-order valence-electron chi connectivity index (χ0n) is 10.0. The Kier molecular flexibility index (Phi) is 2.82. The molecule has 0 unspecified atom stereocenters.